The standard InChI is InChI=1S/C28H36Cl2N2O5/c1-2-4-23(28(34)35)32-25(19-6-10-21(29)11-7-19)26(20-8-12-22(30)13-9-20)37-24(27(32)33)5-3-14-31-15-17-36-18-16-31/h6-8,10-12,23-26H,2-5,9,13-18H2,1H3,(H,34,35)/t23-,24+,25-,26+/m1/s1. The second kappa shape index (κ2) is 13.3. The minimum Gasteiger partial charge on any atom is -0.480 e. The topological polar surface area (TPSA) is 79.3 Å². The van der Waals surface area contributed by atoms with Gasteiger partial charge in [-0.1, -0.05) is 54.8 Å². The van der Waals surface area contributed by atoms with Gasteiger partial charge in [0.1, 0.15) is 18.2 Å². The first-order chi connectivity index (χ1) is 17.9. The van der Waals surface area contributed by atoms with Crippen molar-refractivity contribution < 1.29 is 24.2 Å². The highest BCUT2D eigenvalue weighted by atomic mass is 35.5. The lowest BCUT2D eigenvalue weighted by molar-refractivity contribution is -0.180. The molecule has 2 fully saturated rings. The number of ether oxygens (including phenoxy) is 2. The van der Waals surface area contributed by atoms with Crippen LogP contribution in [0.15, 0.2) is 47.0 Å². The smallest absolute Gasteiger partial charge is 0.326 e. The summed E-state index contributed by atoms with van der Waals surface area (Å²) in [5.41, 5.74) is 1.82. The van der Waals surface area contributed by atoms with E-state index in [2.05, 4.69) is 4.90 Å². The molecule has 1 aliphatic carbocycles. The van der Waals surface area contributed by atoms with Crippen LogP contribution in [-0.2, 0) is 19.1 Å². The van der Waals surface area contributed by atoms with Gasteiger partial charge in [0.05, 0.1) is 19.3 Å². The zero-order valence-electron chi connectivity index (χ0n) is 21.3. The fraction of sp³-hybridized carbons (Fsp3) is 0.571. The van der Waals surface area contributed by atoms with Crippen LogP contribution in [0.4, 0.5) is 0 Å². The molecule has 0 saturated carbocycles. The molecule has 2 heterocycles. The highest BCUT2D eigenvalue weighted by Crippen LogP contribution is 2.41. The average molecular weight is 552 g/mol. The number of nitrogens with zero attached hydrogens (tertiary/aromatic N) is 2. The predicted molar refractivity (Wildman–Crippen MR) is 144 cm³/mol. The predicted octanol–water partition coefficient (Wildman–Crippen LogP) is 5.19. The fourth-order valence-corrected chi connectivity index (χ4v) is 5.71. The first kappa shape index (κ1) is 28.1. The minimum atomic E-state index is -0.998. The molecule has 4 atom stereocenters. The Labute approximate surface area is 229 Å². The summed E-state index contributed by atoms with van der Waals surface area (Å²) in [5, 5.41) is 11.6. The van der Waals surface area contributed by atoms with Crippen LogP contribution in [0.1, 0.15) is 57.1 Å². The quantitative estimate of drug-likeness (QED) is 0.432. The van der Waals surface area contributed by atoms with E-state index >= 15 is 0 Å². The highest BCUT2D eigenvalue weighted by molar-refractivity contribution is 6.30. The summed E-state index contributed by atoms with van der Waals surface area (Å²) in [6, 6.07) is 5.73. The number of carboxylic acids is 1. The number of carbonyl (C=O) groups is 2. The molecule has 1 N–H and O–H groups in total. The minimum absolute atomic E-state index is 0.260. The van der Waals surface area contributed by atoms with Crippen LogP contribution in [0.3, 0.4) is 0 Å². The second-order valence-corrected chi connectivity index (χ2v) is 10.8. The number of hydrogen-bond donors (Lipinski definition) is 1. The molecule has 3 aliphatic rings. The van der Waals surface area contributed by atoms with Crippen LogP contribution in [0.25, 0.3) is 0 Å². The van der Waals surface area contributed by atoms with Crippen LogP contribution >= 0.6 is 23.2 Å². The van der Waals surface area contributed by atoms with E-state index in [1.165, 1.54) is 0 Å². The van der Waals surface area contributed by atoms with Gasteiger partial charge >= 0.3 is 5.97 Å². The Morgan fingerprint density at radius 3 is 2.49 bits per heavy atom. The molecule has 1 aromatic rings. The number of halogens is 2. The molecule has 0 spiro atoms. The number of morpholine rings is 2. The second-order valence-electron chi connectivity index (χ2n) is 9.88. The molecule has 202 valence electrons. The zero-order valence-corrected chi connectivity index (χ0v) is 22.8. The van der Waals surface area contributed by atoms with Crippen molar-refractivity contribution in [1.82, 2.24) is 9.80 Å². The number of aliphatic carboxylic acids is 1. The van der Waals surface area contributed by atoms with Gasteiger partial charge in [0.2, 0.25) is 0 Å². The number of allylic oxidation sites excluding steroid dienone is 3. The van der Waals surface area contributed by atoms with Gasteiger partial charge in [-0.15, -0.1) is 0 Å². The number of hydrogen-bond acceptors (Lipinski definition) is 5. The van der Waals surface area contributed by atoms with E-state index in [1.807, 2.05) is 31.2 Å². The van der Waals surface area contributed by atoms with Crippen LogP contribution in [-0.4, -0.2) is 77.9 Å². The molecule has 2 saturated heterocycles. The van der Waals surface area contributed by atoms with Crippen molar-refractivity contribution in [3.8, 4) is 0 Å². The monoisotopic (exact) mass is 550 g/mol. The van der Waals surface area contributed by atoms with Crippen molar-refractivity contribution in [1.29, 1.82) is 0 Å². The fourth-order valence-electron chi connectivity index (χ4n) is 5.43. The van der Waals surface area contributed by atoms with Crippen molar-refractivity contribution in [2.24, 2.45) is 0 Å². The van der Waals surface area contributed by atoms with Crippen molar-refractivity contribution >= 4 is 35.1 Å². The zero-order chi connectivity index (χ0) is 26.4. The maximum absolute atomic E-state index is 14.0. The highest BCUT2D eigenvalue weighted by Gasteiger charge is 2.48. The van der Waals surface area contributed by atoms with Crippen LogP contribution in [0.2, 0.25) is 5.02 Å². The molecule has 37 heavy (non-hydrogen) atoms. The third-order valence-electron chi connectivity index (χ3n) is 7.36. The van der Waals surface area contributed by atoms with Crippen molar-refractivity contribution in [2.75, 3.05) is 32.8 Å². The van der Waals surface area contributed by atoms with E-state index in [0.717, 1.165) is 55.4 Å². The number of carbonyl (C=O) groups excluding carboxylic acids is 1. The largest absolute Gasteiger partial charge is 0.480 e. The van der Waals surface area contributed by atoms with Gasteiger partial charge in [-0.25, -0.2) is 4.79 Å². The number of benzene rings is 1. The van der Waals surface area contributed by atoms with Gasteiger partial charge in [0.15, 0.2) is 0 Å². The summed E-state index contributed by atoms with van der Waals surface area (Å²) in [6.07, 6.45) is 6.34. The van der Waals surface area contributed by atoms with Crippen molar-refractivity contribution in [3.05, 3.63) is 57.6 Å². The molecule has 4 rings (SSSR count). The van der Waals surface area contributed by atoms with Gasteiger partial charge < -0.3 is 19.5 Å². The van der Waals surface area contributed by atoms with Gasteiger partial charge in [-0.05, 0) is 68.0 Å². The maximum atomic E-state index is 14.0. The van der Waals surface area contributed by atoms with Crippen LogP contribution in [0.5, 0.6) is 0 Å². The Hall–Kier alpha value is -1.90. The van der Waals surface area contributed by atoms with E-state index < -0.39 is 30.3 Å². The van der Waals surface area contributed by atoms with E-state index in [4.69, 9.17) is 32.7 Å². The van der Waals surface area contributed by atoms with E-state index in [9.17, 15) is 14.7 Å². The molecule has 0 bridgehead atoms. The van der Waals surface area contributed by atoms with Gasteiger partial charge in [0.25, 0.3) is 5.91 Å². The molecule has 1 aromatic carbocycles. The number of rotatable bonds is 10. The summed E-state index contributed by atoms with van der Waals surface area (Å²) in [5.74, 6) is -1.26. The van der Waals surface area contributed by atoms with Crippen LogP contribution < -0.4 is 0 Å². The van der Waals surface area contributed by atoms with Gasteiger partial charge in [-0.2, -0.15) is 0 Å². The first-order valence-electron chi connectivity index (χ1n) is 13.2. The van der Waals surface area contributed by atoms with Gasteiger partial charge in [0, 0.05) is 23.1 Å². The van der Waals surface area contributed by atoms with Crippen molar-refractivity contribution in [3.63, 3.8) is 0 Å². The lowest BCUT2D eigenvalue weighted by Gasteiger charge is -2.48. The SMILES string of the molecule is CCC[C@H](C(=O)O)N1C(=O)[C@H](CCCN2CCOCC2)O[C@@H](C2=CC=C(Cl)CC2)[C@H]1c1ccc(Cl)cc1. The summed E-state index contributed by atoms with van der Waals surface area (Å²) >= 11 is 12.4. The Balaban J connectivity index is 1.68. The molecular weight excluding hydrogens is 515 g/mol. The molecule has 0 radical (unpaired) electrons. The Morgan fingerprint density at radius 1 is 1.14 bits per heavy atom. The average Bonchev–Trinajstić information content (AvgIpc) is 2.90. The molecular formula is C28H36Cl2N2O5. The summed E-state index contributed by atoms with van der Waals surface area (Å²) in [4.78, 5) is 30.4. The van der Waals surface area contributed by atoms with E-state index in [1.54, 1.807) is 17.0 Å². The Morgan fingerprint density at radius 2 is 1.86 bits per heavy atom. The Bertz CT molecular complexity index is 1010. The molecule has 2 aliphatic heterocycles. The molecule has 1 amide bonds. The lowest BCUT2D eigenvalue weighted by Crippen LogP contribution is -2.59. The Kier molecular flexibility index (Phi) is 10.1. The first-order valence-corrected chi connectivity index (χ1v) is 14.0. The molecule has 0 unspecified atom stereocenters. The third-order valence-corrected chi connectivity index (χ3v) is 7.93. The van der Waals surface area contributed by atoms with E-state index in [-0.39, 0.29) is 5.91 Å². The number of carboxylic acid groups (broad SMARTS) is 1. The summed E-state index contributed by atoms with van der Waals surface area (Å²) < 4.78 is 12.0. The third kappa shape index (κ3) is 6.95. The summed E-state index contributed by atoms with van der Waals surface area (Å²) in [6.45, 7) is 5.99. The number of amides is 1. The molecule has 0 aromatic heterocycles. The van der Waals surface area contributed by atoms with E-state index in [0.29, 0.717) is 37.1 Å². The lowest BCUT2D eigenvalue weighted by atomic mass is 9.86. The molecule has 9 heteroatoms. The summed E-state index contributed by atoms with van der Waals surface area (Å²) in [7, 11) is 0. The van der Waals surface area contributed by atoms with Crippen molar-refractivity contribution in [2.45, 2.75) is 69.7 Å². The maximum Gasteiger partial charge on any atom is 0.326 e. The van der Waals surface area contributed by atoms with Crippen LogP contribution in [0, 0.1) is 0 Å². The molecule has 7 nitrogen and oxygen atoms in total. The normalized spacial score (nSPS) is 26.0. The van der Waals surface area contributed by atoms with Gasteiger partial charge in [-0.3, -0.25) is 9.69 Å².